The van der Waals surface area contributed by atoms with Crippen molar-refractivity contribution in [3.63, 3.8) is 0 Å². The van der Waals surface area contributed by atoms with Crippen LogP contribution in [-0.2, 0) is 11.2 Å². The number of nitrogens with one attached hydrogen (secondary N) is 1. The summed E-state index contributed by atoms with van der Waals surface area (Å²) in [6.07, 6.45) is 0.180. The molecule has 4 nitrogen and oxygen atoms in total. The highest BCUT2D eigenvalue weighted by molar-refractivity contribution is 5.79. The highest BCUT2D eigenvalue weighted by Crippen LogP contribution is 2.15. The summed E-state index contributed by atoms with van der Waals surface area (Å²) in [5.74, 6) is 0.0160. The first kappa shape index (κ1) is 11.5. The summed E-state index contributed by atoms with van der Waals surface area (Å²) in [4.78, 5) is 11.4. The third-order valence-electron chi connectivity index (χ3n) is 1.96. The Morgan fingerprint density at radius 3 is 2.80 bits per heavy atom. The van der Waals surface area contributed by atoms with Gasteiger partial charge in [0.05, 0.1) is 6.42 Å². The van der Waals surface area contributed by atoms with Crippen molar-refractivity contribution in [1.29, 1.82) is 0 Å². The quantitative estimate of drug-likeness (QED) is 0.670. The van der Waals surface area contributed by atoms with Crippen LogP contribution in [0.15, 0.2) is 24.3 Å². The standard InChI is InChI=1S/C11H16N2O2/c1-8(12)7-13-11(15)6-9-4-2-3-5-10(9)14/h2-5,8,14H,6-7,12H2,1H3,(H,13,15). The zero-order valence-corrected chi connectivity index (χ0v) is 8.73. The molecule has 15 heavy (non-hydrogen) atoms. The molecule has 0 heterocycles. The fourth-order valence-corrected chi connectivity index (χ4v) is 1.17. The van der Waals surface area contributed by atoms with Crippen LogP contribution < -0.4 is 11.1 Å². The van der Waals surface area contributed by atoms with Gasteiger partial charge in [0, 0.05) is 18.2 Å². The fraction of sp³-hybridized carbons (Fsp3) is 0.364. The predicted molar refractivity (Wildman–Crippen MR) is 58.5 cm³/mol. The minimum atomic E-state index is -0.131. The van der Waals surface area contributed by atoms with E-state index in [0.717, 1.165) is 0 Å². The van der Waals surface area contributed by atoms with Crippen LogP contribution in [0.3, 0.4) is 0 Å². The largest absolute Gasteiger partial charge is 0.508 e. The Morgan fingerprint density at radius 1 is 1.53 bits per heavy atom. The zero-order valence-electron chi connectivity index (χ0n) is 8.73. The Bertz CT molecular complexity index is 337. The number of carbonyl (C=O) groups is 1. The van der Waals surface area contributed by atoms with E-state index in [1.165, 1.54) is 0 Å². The van der Waals surface area contributed by atoms with E-state index >= 15 is 0 Å². The zero-order chi connectivity index (χ0) is 11.3. The Balaban J connectivity index is 2.48. The molecule has 0 fully saturated rings. The highest BCUT2D eigenvalue weighted by atomic mass is 16.3. The summed E-state index contributed by atoms with van der Waals surface area (Å²) >= 11 is 0. The molecule has 1 rings (SSSR count). The lowest BCUT2D eigenvalue weighted by Crippen LogP contribution is -2.35. The first-order valence-electron chi connectivity index (χ1n) is 4.88. The van der Waals surface area contributed by atoms with Gasteiger partial charge < -0.3 is 16.2 Å². The lowest BCUT2D eigenvalue weighted by Gasteiger charge is -2.08. The molecule has 0 spiro atoms. The van der Waals surface area contributed by atoms with Gasteiger partial charge in [-0.3, -0.25) is 4.79 Å². The number of phenolic OH excluding ortho intramolecular Hbond substituents is 1. The molecule has 0 aliphatic rings. The first-order valence-corrected chi connectivity index (χ1v) is 4.88. The van der Waals surface area contributed by atoms with Crippen molar-refractivity contribution in [3.8, 4) is 5.75 Å². The van der Waals surface area contributed by atoms with E-state index in [2.05, 4.69) is 5.32 Å². The summed E-state index contributed by atoms with van der Waals surface area (Å²) in [6.45, 7) is 2.27. The van der Waals surface area contributed by atoms with Crippen molar-refractivity contribution in [2.24, 2.45) is 5.73 Å². The maximum Gasteiger partial charge on any atom is 0.224 e. The number of phenols is 1. The molecule has 1 amide bonds. The molecule has 1 atom stereocenters. The average molecular weight is 208 g/mol. The van der Waals surface area contributed by atoms with Crippen molar-refractivity contribution in [2.45, 2.75) is 19.4 Å². The van der Waals surface area contributed by atoms with Gasteiger partial charge in [0.2, 0.25) is 5.91 Å². The molecule has 82 valence electrons. The van der Waals surface area contributed by atoms with Gasteiger partial charge in [0.15, 0.2) is 0 Å². The van der Waals surface area contributed by atoms with Gasteiger partial charge in [-0.25, -0.2) is 0 Å². The molecule has 0 aromatic heterocycles. The van der Waals surface area contributed by atoms with Crippen molar-refractivity contribution in [3.05, 3.63) is 29.8 Å². The fourth-order valence-electron chi connectivity index (χ4n) is 1.17. The van der Waals surface area contributed by atoms with E-state index in [4.69, 9.17) is 5.73 Å². The van der Waals surface area contributed by atoms with Gasteiger partial charge in [-0.15, -0.1) is 0 Å². The SMILES string of the molecule is CC(N)CNC(=O)Cc1ccccc1O. The number of carbonyl (C=O) groups excluding carboxylic acids is 1. The van der Waals surface area contributed by atoms with E-state index in [0.29, 0.717) is 12.1 Å². The third-order valence-corrected chi connectivity index (χ3v) is 1.96. The Hall–Kier alpha value is -1.55. The second-order valence-corrected chi connectivity index (χ2v) is 3.59. The molecule has 0 aliphatic carbocycles. The molecular formula is C11H16N2O2. The Morgan fingerprint density at radius 2 is 2.20 bits per heavy atom. The summed E-state index contributed by atoms with van der Waals surface area (Å²) in [6, 6.07) is 6.74. The second kappa shape index (κ2) is 5.36. The van der Waals surface area contributed by atoms with Gasteiger partial charge in [0.1, 0.15) is 5.75 Å². The summed E-state index contributed by atoms with van der Waals surface area (Å²) in [5, 5.41) is 12.1. The number of amides is 1. The van der Waals surface area contributed by atoms with Crippen molar-refractivity contribution < 1.29 is 9.90 Å². The molecule has 1 aromatic carbocycles. The number of nitrogens with two attached hydrogens (primary N) is 1. The van der Waals surface area contributed by atoms with Crippen molar-refractivity contribution >= 4 is 5.91 Å². The summed E-state index contributed by atoms with van der Waals surface area (Å²) in [5.41, 5.74) is 6.12. The van der Waals surface area contributed by atoms with Crippen LogP contribution in [0.1, 0.15) is 12.5 Å². The lowest BCUT2D eigenvalue weighted by molar-refractivity contribution is -0.120. The van der Waals surface area contributed by atoms with Crippen LogP contribution in [0.4, 0.5) is 0 Å². The van der Waals surface area contributed by atoms with Crippen LogP contribution >= 0.6 is 0 Å². The van der Waals surface area contributed by atoms with Crippen LogP contribution in [0.5, 0.6) is 5.75 Å². The van der Waals surface area contributed by atoms with E-state index in [-0.39, 0.29) is 24.1 Å². The molecule has 0 radical (unpaired) electrons. The normalized spacial score (nSPS) is 12.1. The third kappa shape index (κ3) is 3.99. The highest BCUT2D eigenvalue weighted by Gasteiger charge is 2.06. The van der Waals surface area contributed by atoms with Crippen LogP contribution in [-0.4, -0.2) is 23.6 Å². The van der Waals surface area contributed by atoms with E-state index in [1.54, 1.807) is 24.3 Å². The molecule has 0 bridgehead atoms. The molecule has 0 saturated heterocycles. The summed E-state index contributed by atoms with van der Waals surface area (Å²) in [7, 11) is 0. The molecule has 0 saturated carbocycles. The van der Waals surface area contributed by atoms with Crippen LogP contribution in [0.25, 0.3) is 0 Å². The molecular weight excluding hydrogens is 192 g/mol. The number of benzene rings is 1. The number of aromatic hydroxyl groups is 1. The van der Waals surface area contributed by atoms with Gasteiger partial charge in [-0.1, -0.05) is 18.2 Å². The first-order chi connectivity index (χ1) is 7.09. The van der Waals surface area contributed by atoms with Crippen LogP contribution in [0, 0.1) is 0 Å². The molecule has 0 aliphatic heterocycles. The number of hydrogen-bond acceptors (Lipinski definition) is 3. The topological polar surface area (TPSA) is 75.3 Å². The number of hydrogen-bond donors (Lipinski definition) is 3. The van der Waals surface area contributed by atoms with E-state index < -0.39 is 0 Å². The van der Waals surface area contributed by atoms with E-state index in [9.17, 15) is 9.90 Å². The second-order valence-electron chi connectivity index (χ2n) is 3.59. The number of para-hydroxylation sites is 1. The van der Waals surface area contributed by atoms with Gasteiger partial charge >= 0.3 is 0 Å². The molecule has 1 unspecified atom stereocenters. The van der Waals surface area contributed by atoms with Crippen molar-refractivity contribution in [1.82, 2.24) is 5.32 Å². The van der Waals surface area contributed by atoms with Gasteiger partial charge in [-0.2, -0.15) is 0 Å². The maximum atomic E-state index is 11.4. The smallest absolute Gasteiger partial charge is 0.224 e. The minimum absolute atomic E-state index is 0.0571. The monoisotopic (exact) mass is 208 g/mol. The van der Waals surface area contributed by atoms with Crippen molar-refractivity contribution in [2.75, 3.05) is 6.54 Å². The average Bonchev–Trinajstić information content (AvgIpc) is 2.18. The van der Waals surface area contributed by atoms with E-state index in [1.807, 2.05) is 6.92 Å². The lowest BCUT2D eigenvalue weighted by atomic mass is 10.1. The molecule has 4 N–H and O–H groups in total. The maximum absolute atomic E-state index is 11.4. The van der Waals surface area contributed by atoms with Crippen LogP contribution in [0.2, 0.25) is 0 Å². The molecule has 1 aromatic rings. The minimum Gasteiger partial charge on any atom is -0.508 e. The predicted octanol–water partition coefficient (Wildman–Crippen LogP) is 0.398. The molecule has 4 heteroatoms. The Kier molecular flexibility index (Phi) is 4.12. The summed E-state index contributed by atoms with van der Waals surface area (Å²) < 4.78 is 0. The Labute approximate surface area is 89.1 Å². The van der Waals surface area contributed by atoms with Gasteiger partial charge in [0.25, 0.3) is 0 Å². The van der Waals surface area contributed by atoms with Gasteiger partial charge in [-0.05, 0) is 13.0 Å². The number of rotatable bonds is 4.